The van der Waals surface area contributed by atoms with Crippen LogP contribution in [-0.2, 0) is 11.2 Å². The molecule has 1 heterocycles. The SMILES string of the molecule is CCOc1ccc(Cc2cc(C3O[C@]4(CO)C(C)C4C(O)[C@H]3O)ccc2Cl)cc1. The van der Waals surface area contributed by atoms with E-state index in [-0.39, 0.29) is 18.4 Å². The number of rotatable bonds is 6. The van der Waals surface area contributed by atoms with E-state index in [1.165, 1.54) is 0 Å². The van der Waals surface area contributed by atoms with Crippen LogP contribution in [0.1, 0.15) is 36.6 Å². The monoisotopic (exact) mass is 418 g/mol. The molecule has 5 nitrogen and oxygen atoms in total. The number of hydrogen-bond donors (Lipinski definition) is 3. The number of halogens is 1. The molecule has 0 amide bonds. The van der Waals surface area contributed by atoms with Gasteiger partial charge in [0, 0.05) is 10.9 Å². The van der Waals surface area contributed by atoms with Crippen LogP contribution >= 0.6 is 11.6 Å². The van der Waals surface area contributed by atoms with E-state index in [0.717, 1.165) is 22.4 Å². The third kappa shape index (κ3) is 3.56. The molecule has 2 fully saturated rings. The van der Waals surface area contributed by atoms with Gasteiger partial charge in [0.05, 0.1) is 19.3 Å². The maximum atomic E-state index is 10.6. The molecule has 0 aromatic heterocycles. The first-order valence-corrected chi connectivity index (χ1v) is 10.4. The van der Waals surface area contributed by atoms with Crippen molar-refractivity contribution in [2.45, 2.75) is 44.2 Å². The van der Waals surface area contributed by atoms with Crippen molar-refractivity contribution in [3.63, 3.8) is 0 Å². The van der Waals surface area contributed by atoms with Gasteiger partial charge in [-0.3, -0.25) is 0 Å². The summed E-state index contributed by atoms with van der Waals surface area (Å²) in [5, 5.41) is 31.6. The van der Waals surface area contributed by atoms with Crippen molar-refractivity contribution in [3.05, 3.63) is 64.2 Å². The number of aliphatic hydroxyl groups excluding tert-OH is 3. The van der Waals surface area contributed by atoms with Gasteiger partial charge in [0.1, 0.15) is 23.6 Å². The van der Waals surface area contributed by atoms with E-state index in [1.807, 2.05) is 50.2 Å². The fourth-order valence-electron chi connectivity index (χ4n) is 4.65. The normalized spacial score (nSPS) is 33.2. The average Bonchev–Trinajstić information content (AvgIpc) is 3.32. The summed E-state index contributed by atoms with van der Waals surface area (Å²) >= 11 is 6.43. The van der Waals surface area contributed by atoms with Crippen molar-refractivity contribution in [2.24, 2.45) is 11.8 Å². The van der Waals surface area contributed by atoms with Crippen LogP contribution in [0.25, 0.3) is 0 Å². The van der Waals surface area contributed by atoms with Gasteiger partial charge in [0.15, 0.2) is 0 Å². The molecule has 6 heteroatoms. The minimum absolute atomic E-state index is 0.00206. The zero-order chi connectivity index (χ0) is 20.8. The molecule has 2 aliphatic rings. The topological polar surface area (TPSA) is 79.2 Å². The summed E-state index contributed by atoms with van der Waals surface area (Å²) in [6.07, 6.45) is -2.07. The molecule has 0 radical (unpaired) electrons. The lowest BCUT2D eigenvalue weighted by molar-refractivity contribution is -0.187. The summed E-state index contributed by atoms with van der Waals surface area (Å²) in [6.45, 7) is 4.32. The highest BCUT2D eigenvalue weighted by atomic mass is 35.5. The molecule has 1 aliphatic carbocycles. The highest BCUT2D eigenvalue weighted by molar-refractivity contribution is 6.31. The van der Waals surface area contributed by atoms with E-state index < -0.39 is 23.9 Å². The molecule has 1 saturated carbocycles. The van der Waals surface area contributed by atoms with Crippen molar-refractivity contribution >= 4 is 11.6 Å². The quantitative estimate of drug-likeness (QED) is 0.671. The molecular formula is C23H27ClO5. The van der Waals surface area contributed by atoms with Gasteiger partial charge >= 0.3 is 0 Å². The molecule has 156 valence electrons. The number of aliphatic hydroxyl groups is 3. The van der Waals surface area contributed by atoms with Crippen molar-refractivity contribution in [3.8, 4) is 5.75 Å². The molecule has 0 bridgehead atoms. The molecule has 0 spiro atoms. The van der Waals surface area contributed by atoms with Crippen molar-refractivity contribution < 1.29 is 24.8 Å². The van der Waals surface area contributed by atoms with Gasteiger partial charge in [0.25, 0.3) is 0 Å². The zero-order valence-electron chi connectivity index (χ0n) is 16.6. The Morgan fingerprint density at radius 1 is 1.10 bits per heavy atom. The molecule has 2 aromatic rings. The highest BCUT2D eigenvalue weighted by Gasteiger charge is 2.71. The summed E-state index contributed by atoms with van der Waals surface area (Å²) in [7, 11) is 0. The molecule has 4 unspecified atom stereocenters. The first-order valence-electron chi connectivity index (χ1n) is 10.1. The number of hydrogen-bond acceptors (Lipinski definition) is 5. The first-order chi connectivity index (χ1) is 13.9. The molecule has 1 aliphatic heterocycles. The van der Waals surface area contributed by atoms with E-state index in [2.05, 4.69) is 0 Å². The van der Waals surface area contributed by atoms with Gasteiger partial charge in [-0.25, -0.2) is 0 Å². The molecule has 29 heavy (non-hydrogen) atoms. The number of ether oxygens (including phenoxy) is 2. The van der Waals surface area contributed by atoms with Crippen LogP contribution in [0, 0.1) is 11.8 Å². The second kappa shape index (κ2) is 7.89. The lowest BCUT2D eigenvalue weighted by atomic mass is 9.91. The van der Waals surface area contributed by atoms with Crippen LogP contribution < -0.4 is 4.74 Å². The van der Waals surface area contributed by atoms with Crippen LogP contribution in [0.2, 0.25) is 5.02 Å². The predicted octanol–water partition coefficient (Wildman–Crippen LogP) is 3.12. The molecule has 1 saturated heterocycles. The summed E-state index contributed by atoms with van der Waals surface area (Å²) < 4.78 is 11.6. The van der Waals surface area contributed by atoms with Crippen LogP contribution in [0.3, 0.4) is 0 Å². The second-order valence-corrected chi connectivity index (χ2v) is 8.46. The first kappa shape index (κ1) is 20.6. The Morgan fingerprint density at radius 3 is 2.48 bits per heavy atom. The van der Waals surface area contributed by atoms with E-state index in [4.69, 9.17) is 21.1 Å². The van der Waals surface area contributed by atoms with Crippen LogP contribution in [0.15, 0.2) is 42.5 Å². The van der Waals surface area contributed by atoms with Gasteiger partial charge in [0.2, 0.25) is 0 Å². The lowest BCUT2D eigenvalue weighted by Gasteiger charge is -2.36. The fraction of sp³-hybridized carbons (Fsp3) is 0.478. The Bertz CT molecular complexity index is 870. The maximum Gasteiger partial charge on any atom is 0.119 e. The maximum absolute atomic E-state index is 10.6. The van der Waals surface area contributed by atoms with Crippen molar-refractivity contribution in [1.29, 1.82) is 0 Å². The smallest absolute Gasteiger partial charge is 0.119 e. The molecular weight excluding hydrogens is 392 g/mol. The average molecular weight is 419 g/mol. The van der Waals surface area contributed by atoms with Crippen LogP contribution in [0.4, 0.5) is 0 Å². The number of benzene rings is 2. The summed E-state index contributed by atoms with van der Waals surface area (Å²) in [6, 6.07) is 13.4. The predicted molar refractivity (Wildman–Crippen MR) is 110 cm³/mol. The summed E-state index contributed by atoms with van der Waals surface area (Å²) in [4.78, 5) is 0. The third-order valence-corrected chi connectivity index (χ3v) is 6.78. The van der Waals surface area contributed by atoms with Gasteiger partial charge < -0.3 is 24.8 Å². The number of fused-ring (bicyclic) bond motifs is 1. The van der Waals surface area contributed by atoms with Gasteiger partial charge in [-0.05, 0) is 54.2 Å². The lowest BCUT2D eigenvalue weighted by Crippen LogP contribution is -2.46. The highest BCUT2D eigenvalue weighted by Crippen LogP contribution is 2.61. The summed E-state index contributed by atoms with van der Waals surface area (Å²) in [5.41, 5.74) is 1.95. The Labute approximate surface area is 175 Å². The Morgan fingerprint density at radius 2 is 1.83 bits per heavy atom. The minimum atomic E-state index is -1.05. The molecule has 4 rings (SSSR count). The minimum Gasteiger partial charge on any atom is -0.494 e. The van der Waals surface area contributed by atoms with Crippen LogP contribution in [-0.4, -0.2) is 46.3 Å². The third-order valence-electron chi connectivity index (χ3n) is 6.41. The Balaban J connectivity index is 1.58. The molecule has 6 atom stereocenters. The Hall–Kier alpha value is -1.63. The molecule has 2 aromatic carbocycles. The van der Waals surface area contributed by atoms with Gasteiger partial charge in [-0.15, -0.1) is 0 Å². The van der Waals surface area contributed by atoms with Crippen LogP contribution in [0.5, 0.6) is 5.75 Å². The Kier molecular flexibility index (Phi) is 5.62. The van der Waals surface area contributed by atoms with E-state index in [9.17, 15) is 15.3 Å². The molecule has 3 N–H and O–H groups in total. The van der Waals surface area contributed by atoms with E-state index >= 15 is 0 Å². The largest absolute Gasteiger partial charge is 0.494 e. The standard InChI is InChI=1S/C23H27ClO5/c1-3-28-17-7-4-14(5-8-17)10-16-11-15(6-9-18(16)24)22-21(27)20(26)19-13(2)23(19,12-25)29-22/h4-9,11,13,19-22,25-27H,3,10,12H2,1-2H3/t13?,19?,20?,21-,22?,23-/m1/s1. The van der Waals surface area contributed by atoms with E-state index in [0.29, 0.717) is 18.1 Å². The second-order valence-electron chi connectivity index (χ2n) is 8.05. The van der Waals surface area contributed by atoms with Crippen molar-refractivity contribution in [1.82, 2.24) is 0 Å². The van der Waals surface area contributed by atoms with Crippen molar-refractivity contribution in [2.75, 3.05) is 13.2 Å². The van der Waals surface area contributed by atoms with E-state index in [1.54, 1.807) is 6.07 Å². The van der Waals surface area contributed by atoms with Gasteiger partial charge in [-0.2, -0.15) is 0 Å². The summed E-state index contributed by atoms with van der Waals surface area (Å²) in [5.74, 6) is 0.582. The van der Waals surface area contributed by atoms with Gasteiger partial charge in [-0.1, -0.05) is 42.8 Å². The fourth-order valence-corrected chi connectivity index (χ4v) is 4.84. The zero-order valence-corrected chi connectivity index (χ0v) is 17.3.